The van der Waals surface area contributed by atoms with E-state index in [2.05, 4.69) is 52.0 Å². The van der Waals surface area contributed by atoms with Gasteiger partial charge in [0.2, 0.25) is 0 Å². The molecule has 0 amide bonds. The van der Waals surface area contributed by atoms with E-state index in [9.17, 15) is 5.26 Å². The number of allylic oxidation sites excluding steroid dienone is 1. The Kier molecular flexibility index (Phi) is 5.55. The van der Waals surface area contributed by atoms with Crippen LogP contribution in [0.1, 0.15) is 18.5 Å². The molecule has 1 atom stereocenters. The topological polar surface area (TPSA) is 92.3 Å². The van der Waals surface area contributed by atoms with E-state index in [1.165, 1.54) is 0 Å². The van der Waals surface area contributed by atoms with Crippen LogP contribution in [0.25, 0.3) is 22.2 Å². The second kappa shape index (κ2) is 8.21. The normalized spacial score (nSPS) is 13.0. The minimum absolute atomic E-state index is 0.104. The molecular formula is C21H20N6. The van der Waals surface area contributed by atoms with Crippen molar-refractivity contribution in [3.05, 3.63) is 66.6 Å². The van der Waals surface area contributed by atoms with Crippen LogP contribution in [0.4, 0.5) is 0 Å². The summed E-state index contributed by atoms with van der Waals surface area (Å²) in [5.41, 5.74) is 7.33. The fourth-order valence-corrected chi connectivity index (χ4v) is 2.92. The van der Waals surface area contributed by atoms with Crippen molar-refractivity contribution in [3.8, 4) is 17.5 Å². The van der Waals surface area contributed by atoms with Crippen LogP contribution in [-0.2, 0) is 0 Å². The van der Waals surface area contributed by atoms with Crippen LogP contribution in [0, 0.1) is 11.3 Å². The van der Waals surface area contributed by atoms with Crippen LogP contribution in [0.3, 0.4) is 0 Å². The zero-order chi connectivity index (χ0) is 19.2. The van der Waals surface area contributed by atoms with E-state index in [4.69, 9.17) is 5.73 Å². The standard InChI is InChI=1S/C21H20N6/c1-15(12-22)19-13-25-21(27(19)20(26-14-23)9-10-24-2)18-8-7-16-5-3-4-6-17(16)11-18/h3-11,13,15H,2,14,23H2,1H3/b10-9-,26-20?. The molecule has 3 rings (SSSR count). The molecule has 0 aliphatic carbocycles. The molecule has 3 aromatic rings. The van der Waals surface area contributed by atoms with Crippen LogP contribution in [0.2, 0.25) is 0 Å². The van der Waals surface area contributed by atoms with Crippen molar-refractivity contribution < 1.29 is 0 Å². The Labute approximate surface area is 158 Å². The summed E-state index contributed by atoms with van der Waals surface area (Å²) in [4.78, 5) is 12.7. The average Bonchev–Trinajstić information content (AvgIpc) is 3.15. The third-order valence-corrected chi connectivity index (χ3v) is 4.25. The van der Waals surface area contributed by atoms with Crippen molar-refractivity contribution in [2.45, 2.75) is 12.8 Å². The fraction of sp³-hybridized carbons (Fsp3) is 0.143. The van der Waals surface area contributed by atoms with Gasteiger partial charge in [-0.05, 0) is 36.6 Å². The van der Waals surface area contributed by atoms with Gasteiger partial charge in [-0.2, -0.15) is 5.26 Å². The molecule has 0 saturated carbocycles. The molecule has 1 aromatic heterocycles. The van der Waals surface area contributed by atoms with E-state index in [1.807, 2.05) is 29.7 Å². The Bertz CT molecular complexity index is 1070. The largest absolute Gasteiger partial charge is 0.312 e. The molecule has 1 heterocycles. The van der Waals surface area contributed by atoms with Gasteiger partial charge in [-0.3, -0.25) is 14.6 Å². The minimum Gasteiger partial charge on any atom is -0.312 e. The lowest BCUT2D eigenvalue weighted by Crippen LogP contribution is -2.17. The maximum absolute atomic E-state index is 9.42. The highest BCUT2D eigenvalue weighted by molar-refractivity contribution is 5.98. The van der Waals surface area contributed by atoms with Gasteiger partial charge in [-0.1, -0.05) is 36.4 Å². The predicted octanol–water partition coefficient (Wildman–Crippen LogP) is 3.71. The zero-order valence-electron chi connectivity index (χ0n) is 15.1. The smallest absolute Gasteiger partial charge is 0.145 e. The molecule has 134 valence electrons. The summed E-state index contributed by atoms with van der Waals surface area (Å²) in [6, 6.07) is 16.5. The quantitative estimate of drug-likeness (QED) is 0.558. The lowest BCUT2D eigenvalue weighted by molar-refractivity contribution is 0.885. The first-order valence-electron chi connectivity index (χ1n) is 8.53. The third-order valence-electron chi connectivity index (χ3n) is 4.25. The van der Waals surface area contributed by atoms with E-state index in [-0.39, 0.29) is 12.6 Å². The van der Waals surface area contributed by atoms with Crippen molar-refractivity contribution in [3.63, 3.8) is 0 Å². The molecule has 0 aliphatic rings. The third kappa shape index (κ3) is 3.68. The summed E-state index contributed by atoms with van der Waals surface area (Å²) in [5, 5.41) is 11.7. The number of rotatable bonds is 5. The Morgan fingerprint density at radius 1 is 1.33 bits per heavy atom. The molecule has 0 spiro atoms. The molecule has 0 saturated heterocycles. The van der Waals surface area contributed by atoms with E-state index < -0.39 is 0 Å². The molecule has 0 radical (unpaired) electrons. The number of aliphatic imine (C=N–C) groups is 2. The highest BCUT2D eigenvalue weighted by Crippen LogP contribution is 2.27. The minimum atomic E-state index is -0.361. The van der Waals surface area contributed by atoms with Crippen LogP contribution in [0.15, 0.2) is 70.9 Å². The Morgan fingerprint density at radius 2 is 2.11 bits per heavy atom. The number of nitriles is 1. The van der Waals surface area contributed by atoms with Gasteiger partial charge >= 0.3 is 0 Å². The van der Waals surface area contributed by atoms with Gasteiger partial charge in [0.1, 0.15) is 11.7 Å². The van der Waals surface area contributed by atoms with Crippen LogP contribution in [0.5, 0.6) is 0 Å². The first-order chi connectivity index (χ1) is 13.2. The van der Waals surface area contributed by atoms with Gasteiger partial charge in [0, 0.05) is 11.8 Å². The summed E-state index contributed by atoms with van der Waals surface area (Å²) in [5.74, 6) is 0.890. The number of benzene rings is 2. The molecule has 1 unspecified atom stereocenters. The van der Waals surface area contributed by atoms with Crippen molar-refractivity contribution in [2.75, 3.05) is 6.67 Å². The first kappa shape index (κ1) is 18.2. The molecule has 27 heavy (non-hydrogen) atoms. The Morgan fingerprint density at radius 3 is 2.81 bits per heavy atom. The lowest BCUT2D eigenvalue weighted by Gasteiger charge is -2.14. The fourth-order valence-electron chi connectivity index (χ4n) is 2.92. The van der Waals surface area contributed by atoms with Crippen LogP contribution in [-0.4, -0.2) is 28.8 Å². The highest BCUT2D eigenvalue weighted by atomic mass is 15.2. The van der Waals surface area contributed by atoms with E-state index in [0.29, 0.717) is 11.7 Å². The Balaban J connectivity index is 2.24. The maximum Gasteiger partial charge on any atom is 0.145 e. The predicted molar refractivity (Wildman–Crippen MR) is 110 cm³/mol. The lowest BCUT2D eigenvalue weighted by atomic mass is 10.1. The first-order valence-corrected chi connectivity index (χ1v) is 8.53. The van der Waals surface area contributed by atoms with Crippen molar-refractivity contribution in [2.24, 2.45) is 15.7 Å². The van der Waals surface area contributed by atoms with Crippen molar-refractivity contribution in [1.82, 2.24) is 9.55 Å². The second-order valence-electron chi connectivity index (χ2n) is 5.95. The van der Waals surface area contributed by atoms with Gasteiger partial charge in [0.25, 0.3) is 0 Å². The van der Waals surface area contributed by atoms with Crippen molar-refractivity contribution >= 4 is 23.3 Å². The number of imidazole rings is 1. The van der Waals surface area contributed by atoms with Crippen molar-refractivity contribution in [1.29, 1.82) is 5.26 Å². The van der Waals surface area contributed by atoms with Crippen LogP contribution < -0.4 is 5.73 Å². The van der Waals surface area contributed by atoms with E-state index >= 15 is 0 Å². The number of aromatic nitrogens is 2. The molecule has 2 aromatic carbocycles. The summed E-state index contributed by atoms with van der Waals surface area (Å²) in [7, 11) is 0. The second-order valence-corrected chi connectivity index (χ2v) is 5.95. The SMILES string of the molecule is C=N/C=C\C(=NCN)n1c(C(C)C#N)cnc1-c1ccc2ccccc2c1. The maximum atomic E-state index is 9.42. The molecule has 0 aliphatic heterocycles. The van der Waals surface area contributed by atoms with Gasteiger partial charge in [0.15, 0.2) is 0 Å². The summed E-state index contributed by atoms with van der Waals surface area (Å²) < 4.78 is 1.85. The number of hydrogen-bond acceptors (Lipinski definition) is 5. The zero-order valence-corrected chi connectivity index (χ0v) is 15.1. The Hall–Kier alpha value is -3.56. The van der Waals surface area contributed by atoms with E-state index in [1.54, 1.807) is 18.5 Å². The van der Waals surface area contributed by atoms with Gasteiger partial charge in [0.05, 0.1) is 30.5 Å². The summed E-state index contributed by atoms with van der Waals surface area (Å²) in [6.07, 6.45) is 4.96. The number of fused-ring (bicyclic) bond motifs is 1. The molecule has 0 bridgehead atoms. The number of nitrogens with two attached hydrogens (primary N) is 1. The molecule has 6 heteroatoms. The average molecular weight is 356 g/mol. The monoisotopic (exact) mass is 356 g/mol. The van der Waals surface area contributed by atoms with E-state index in [0.717, 1.165) is 22.0 Å². The number of nitrogens with zero attached hydrogens (tertiary/aromatic N) is 5. The summed E-state index contributed by atoms with van der Waals surface area (Å²) in [6.45, 7) is 5.39. The molecule has 0 fully saturated rings. The van der Waals surface area contributed by atoms with Gasteiger partial charge < -0.3 is 5.73 Å². The summed E-state index contributed by atoms with van der Waals surface area (Å²) >= 11 is 0. The van der Waals surface area contributed by atoms with Crippen LogP contribution >= 0.6 is 0 Å². The molecule has 6 nitrogen and oxygen atoms in total. The highest BCUT2D eigenvalue weighted by Gasteiger charge is 2.19. The molecular weight excluding hydrogens is 336 g/mol. The molecule has 2 N–H and O–H groups in total. The van der Waals surface area contributed by atoms with Gasteiger partial charge in [-0.25, -0.2) is 4.98 Å². The number of hydrogen-bond donors (Lipinski definition) is 1. The van der Waals surface area contributed by atoms with Gasteiger partial charge in [-0.15, -0.1) is 0 Å².